The predicted molar refractivity (Wildman–Crippen MR) is 139 cm³/mol. The molecule has 8 nitrogen and oxygen atoms in total. The molecule has 1 aliphatic heterocycles. The molecule has 0 aliphatic carbocycles. The van der Waals surface area contributed by atoms with Crippen molar-refractivity contribution in [1.82, 2.24) is 10.4 Å². The van der Waals surface area contributed by atoms with Crippen LogP contribution in [0, 0.1) is 17.3 Å². The Morgan fingerprint density at radius 2 is 1.36 bits per heavy atom. The molecule has 0 radical (unpaired) electrons. The molecule has 0 saturated carbocycles. The molecule has 1 fully saturated rings. The third kappa shape index (κ3) is 10.3. The molecule has 1 aliphatic rings. The van der Waals surface area contributed by atoms with Crippen molar-refractivity contribution in [2.24, 2.45) is 17.3 Å². The van der Waals surface area contributed by atoms with Crippen LogP contribution in [0.2, 0.25) is 0 Å². The van der Waals surface area contributed by atoms with Gasteiger partial charge in [-0.1, -0.05) is 20.8 Å². The molecule has 1 heterocycles. The molecular formula is C28H28F9N3O5. The first-order valence-corrected chi connectivity index (χ1v) is 13.2. The number of hydrogen-bond donors (Lipinski definition) is 2. The van der Waals surface area contributed by atoms with Crippen LogP contribution < -0.4 is 15.5 Å². The lowest BCUT2D eigenvalue weighted by Gasteiger charge is -2.39. The Hall–Kier alpha value is -4.02. The van der Waals surface area contributed by atoms with Gasteiger partial charge in [0.05, 0.1) is 23.0 Å². The number of alkyl halides is 9. The second-order valence-corrected chi connectivity index (χ2v) is 11.5. The summed E-state index contributed by atoms with van der Waals surface area (Å²) in [5.74, 6) is -7.71. The van der Waals surface area contributed by atoms with E-state index in [1.54, 1.807) is 0 Å². The van der Waals surface area contributed by atoms with E-state index in [0.717, 1.165) is 12.1 Å². The first-order valence-electron chi connectivity index (χ1n) is 13.2. The fourth-order valence-electron chi connectivity index (χ4n) is 4.61. The van der Waals surface area contributed by atoms with Crippen molar-refractivity contribution in [3.63, 3.8) is 0 Å². The van der Waals surface area contributed by atoms with Gasteiger partial charge in [-0.15, -0.1) is 0 Å². The number of piperidine rings is 1. The Kier molecular flexibility index (Phi) is 10.4. The minimum absolute atomic E-state index is 0.0472. The van der Waals surface area contributed by atoms with E-state index in [-0.39, 0.29) is 35.9 Å². The lowest BCUT2D eigenvalue weighted by molar-refractivity contribution is -0.208. The van der Waals surface area contributed by atoms with Gasteiger partial charge in [-0.2, -0.15) is 45.0 Å². The van der Waals surface area contributed by atoms with Crippen LogP contribution >= 0.6 is 0 Å². The standard InChI is InChI=1S/C28H28F9N3O5/c1-25(2,3)14-40-9-8-20(21(13-40)23(42)39-45-24(43)28(35,36)37)22(41)38-17-4-6-18(7-5-17)44-19-11-15(26(29,30)31)10-16(12-19)27(32,33)34/h4-7,10-12,20-21H,8-9,13-14H2,1-3H3,(H,38,41)(H,39,42)/t20?,21-/m0/s1. The van der Waals surface area contributed by atoms with E-state index < -0.39 is 65.0 Å². The van der Waals surface area contributed by atoms with Gasteiger partial charge in [0.15, 0.2) is 0 Å². The van der Waals surface area contributed by atoms with Crippen molar-refractivity contribution < 1.29 is 63.5 Å². The number of hydroxylamine groups is 1. The van der Waals surface area contributed by atoms with Gasteiger partial charge >= 0.3 is 24.5 Å². The second kappa shape index (κ2) is 13.1. The summed E-state index contributed by atoms with van der Waals surface area (Å²) in [7, 11) is 0. The zero-order chi connectivity index (χ0) is 34.0. The number of likely N-dealkylation sites (tertiary alicyclic amines) is 1. The van der Waals surface area contributed by atoms with E-state index in [0.29, 0.717) is 25.2 Å². The molecule has 2 amide bonds. The van der Waals surface area contributed by atoms with Crippen LogP contribution in [-0.2, 0) is 31.6 Å². The molecule has 45 heavy (non-hydrogen) atoms. The summed E-state index contributed by atoms with van der Waals surface area (Å²) >= 11 is 0. The van der Waals surface area contributed by atoms with Gasteiger partial charge in [-0.05, 0) is 60.8 Å². The molecule has 2 aromatic rings. The van der Waals surface area contributed by atoms with E-state index in [1.165, 1.54) is 17.6 Å². The van der Waals surface area contributed by atoms with E-state index in [1.807, 2.05) is 25.7 Å². The highest BCUT2D eigenvalue weighted by atomic mass is 19.4. The maximum Gasteiger partial charge on any atom is 0.493 e. The summed E-state index contributed by atoms with van der Waals surface area (Å²) in [4.78, 5) is 42.7. The van der Waals surface area contributed by atoms with Gasteiger partial charge in [0.25, 0.3) is 5.91 Å². The lowest BCUT2D eigenvalue weighted by Crippen LogP contribution is -2.52. The minimum Gasteiger partial charge on any atom is -0.457 e. The van der Waals surface area contributed by atoms with Gasteiger partial charge in [0.1, 0.15) is 11.5 Å². The van der Waals surface area contributed by atoms with Crippen molar-refractivity contribution in [1.29, 1.82) is 0 Å². The molecule has 3 rings (SSSR count). The number of halogens is 9. The normalized spacial score (nSPS) is 18.2. The number of carbonyl (C=O) groups excluding carboxylic acids is 3. The third-order valence-electron chi connectivity index (χ3n) is 6.46. The van der Waals surface area contributed by atoms with Gasteiger partial charge in [0.2, 0.25) is 5.91 Å². The molecular weight excluding hydrogens is 629 g/mol. The monoisotopic (exact) mass is 657 g/mol. The molecule has 248 valence electrons. The number of benzene rings is 2. The summed E-state index contributed by atoms with van der Waals surface area (Å²) in [6.45, 7) is 6.54. The maximum atomic E-state index is 13.2. The third-order valence-corrected chi connectivity index (χ3v) is 6.46. The molecule has 17 heteroatoms. The maximum absolute atomic E-state index is 13.2. The average Bonchev–Trinajstić information content (AvgIpc) is 2.90. The van der Waals surface area contributed by atoms with Gasteiger partial charge < -0.3 is 19.8 Å². The summed E-state index contributed by atoms with van der Waals surface area (Å²) in [6.07, 6.45) is -15.4. The van der Waals surface area contributed by atoms with Crippen molar-refractivity contribution in [3.05, 3.63) is 53.6 Å². The number of ether oxygens (including phenoxy) is 1. The fourth-order valence-corrected chi connectivity index (χ4v) is 4.61. The van der Waals surface area contributed by atoms with Crippen molar-refractivity contribution in [3.8, 4) is 11.5 Å². The van der Waals surface area contributed by atoms with E-state index in [2.05, 4.69) is 10.2 Å². The molecule has 1 saturated heterocycles. The predicted octanol–water partition coefficient (Wildman–Crippen LogP) is 6.58. The van der Waals surface area contributed by atoms with Crippen LogP contribution in [-0.4, -0.2) is 48.5 Å². The van der Waals surface area contributed by atoms with Crippen molar-refractivity contribution >= 4 is 23.5 Å². The summed E-state index contributed by atoms with van der Waals surface area (Å²) in [5, 5.41) is 2.52. The van der Waals surface area contributed by atoms with Gasteiger partial charge in [-0.3, -0.25) is 9.59 Å². The Labute approximate surface area is 250 Å². The lowest BCUT2D eigenvalue weighted by atomic mass is 9.83. The number of anilines is 1. The Bertz CT molecular complexity index is 1350. The van der Waals surface area contributed by atoms with Crippen LogP contribution in [0.3, 0.4) is 0 Å². The van der Waals surface area contributed by atoms with Crippen molar-refractivity contribution in [2.75, 3.05) is 25.0 Å². The van der Waals surface area contributed by atoms with E-state index in [9.17, 15) is 53.9 Å². The van der Waals surface area contributed by atoms with Crippen LogP contribution in [0.5, 0.6) is 11.5 Å². The van der Waals surface area contributed by atoms with Gasteiger partial charge in [-0.25, -0.2) is 4.79 Å². The summed E-state index contributed by atoms with van der Waals surface area (Å²) in [6, 6.07) is 5.54. The summed E-state index contributed by atoms with van der Waals surface area (Å²) in [5.41, 5.74) is -1.80. The second-order valence-electron chi connectivity index (χ2n) is 11.5. The molecule has 2 atom stereocenters. The highest BCUT2D eigenvalue weighted by Crippen LogP contribution is 2.39. The minimum atomic E-state index is -5.37. The topological polar surface area (TPSA) is 97.0 Å². The Morgan fingerprint density at radius 3 is 1.84 bits per heavy atom. The fraction of sp³-hybridized carbons (Fsp3) is 0.464. The highest BCUT2D eigenvalue weighted by molar-refractivity contribution is 5.96. The first kappa shape index (κ1) is 35.5. The molecule has 0 spiro atoms. The highest BCUT2D eigenvalue weighted by Gasteiger charge is 2.44. The number of hydrogen-bond acceptors (Lipinski definition) is 6. The molecule has 0 bridgehead atoms. The Balaban J connectivity index is 1.75. The zero-order valence-corrected chi connectivity index (χ0v) is 23.9. The number of amides is 2. The molecule has 0 aromatic heterocycles. The smallest absolute Gasteiger partial charge is 0.457 e. The Morgan fingerprint density at radius 1 is 0.800 bits per heavy atom. The van der Waals surface area contributed by atoms with Crippen LogP contribution in [0.4, 0.5) is 45.2 Å². The number of rotatable bonds is 6. The SMILES string of the molecule is CC(C)(C)CN1CCC(C(=O)Nc2ccc(Oc3cc(C(F)(F)F)cc(C(F)(F)F)c3)cc2)[C@@H](C(=O)NOC(=O)C(F)(F)F)C1. The summed E-state index contributed by atoms with van der Waals surface area (Å²) < 4.78 is 122. The van der Waals surface area contributed by atoms with Gasteiger partial charge in [0, 0.05) is 18.8 Å². The van der Waals surface area contributed by atoms with Crippen molar-refractivity contribution in [2.45, 2.75) is 45.7 Å². The molecule has 2 aromatic carbocycles. The van der Waals surface area contributed by atoms with E-state index >= 15 is 0 Å². The average molecular weight is 658 g/mol. The van der Waals surface area contributed by atoms with E-state index in [4.69, 9.17) is 4.74 Å². The largest absolute Gasteiger partial charge is 0.493 e. The molecule has 2 N–H and O–H groups in total. The molecule has 1 unspecified atom stereocenters. The number of carbonyl (C=O) groups is 3. The zero-order valence-electron chi connectivity index (χ0n) is 23.9. The van der Waals surface area contributed by atoms with Crippen LogP contribution in [0.15, 0.2) is 42.5 Å². The van der Waals surface area contributed by atoms with Crippen LogP contribution in [0.1, 0.15) is 38.3 Å². The number of nitrogens with one attached hydrogen (secondary N) is 2. The van der Waals surface area contributed by atoms with Crippen LogP contribution in [0.25, 0.3) is 0 Å². The quantitative estimate of drug-likeness (QED) is 0.270. The first-order chi connectivity index (χ1) is 20.5. The number of nitrogens with zero attached hydrogens (tertiary/aromatic N) is 1.